The van der Waals surface area contributed by atoms with Gasteiger partial charge in [-0.15, -0.1) is 0 Å². The molecule has 0 N–H and O–H groups in total. The Bertz CT molecular complexity index is 713. The van der Waals surface area contributed by atoms with Crippen LogP contribution in [0.2, 0.25) is 0 Å². The fourth-order valence-electron chi connectivity index (χ4n) is 3.00. The smallest absolute Gasteiger partial charge is 0.185 e. The molecule has 1 aliphatic heterocycles. The molecule has 1 fully saturated rings. The topological polar surface area (TPSA) is 29.5 Å². The Morgan fingerprint density at radius 3 is 2.50 bits per heavy atom. The molecule has 0 radical (unpaired) electrons. The summed E-state index contributed by atoms with van der Waals surface area (Å²) < 4.78 is 5.19. The first-order chi connectivity index (χ1) is 11.8. The minimum atomic E-state index is 0.0167. The Balaban J connectivity index is 1.67. The van der Waals surface area contributed by atoms with Crippen LogP contribution in [0.1, 0.15) is 35.2 Å². The van der Waals surface area contributed by atoms with E-state index < -0.39 is 0 Å². The molecule has 3 rings (SSSR count). The van der Waals surface area contributed by atoms with Crippen LogP contribution in [0.15, 0.2) is 54.6 Å². The minimum absolute atomic E-state index is 0.0167. The summed E-state index contributed by atoms with van der Waals surface area (Å²) in [5, 5.41) is 0. The molecule has 0 amide bonds. The van der Waals surface area contributed by atoms with Gasteiger partial charge in [-0.05, 0) is 67.3 Å². The fraction of sp³-hybridized carbons (Fsp3) is 0.286. The van der Waals surface area contributed by atoms with E-state index in [0.29, 0.717) is 0 Å². The number of allylic oxidation sites excluding steroid dienone is 1. The SMILES string of the molecule is COc1cccc(/C=C/C(=O)c2ccc(N3CCCCC3)cc2)c1. The monoisotopic (exact) mass is 321 g/mol. The zero-order chi connectivity index (χ0) is 16.8. The van der Waals surface area contributed by atoms with Crippen LogP contribution >= 0.6 is 0 Å². The van der Waals surface area contributed by atoms with Gasteiger partial charge in [-0.3, -0.25) is 4.79 Å². The quantitative estimate of drug-likeness (QED) is 0.596. The van der Waals surface area contributed by atoms with Gasteiger partial charge in [0.2, 0.25) is 0 Å². The van der Waals surface area contributed by atoms with Gasteiger partial charge in [0.05, 0.1) is 7.11 Å². The number of benzene rings is 2. The number of methoxy groups -OCH3 is 1. The second kappa shape index (κ2) is 7.82. The number of ketones is 1. The Labute approximate surface area is 143 Å². The van der Waals surface area contributed by atoms with E-state index in [9.17, 15) is 4.79 Å². The first-order valence-corrected chi connectivity index (χ1v) is 8.48. The summed E-state index contributed by atoms with van der Waals surface area (Å²) >= 11 is 0. The number of anilines is 1. The standard InChI is InChI=1S/C21H23NO2/c1-24-20-7-5-6-17(16-20)8-13-21(23)18-9-11-19(12-10-18)22-14-3-2-4-15-22/h5-13,16H,2-4,14-15H2,1H3/b13-8+. The molecule has 1 aliphatic rings. The molecule has 0 atom stereocenters. The maximum atomic E-state index is 12.3. The summed E-state index contributed by atoms with van der Waals surface area (Å²) in [6.45, 7) is 2.23. The molecule has 1 saturated heterocycles. The van der Waals surface area contributed by atoms with Gasteiger partial charge in [0.25, 0.3) is 0 Å². The van der Waals surface area contributed by atoms with E-state index in [1.165, 1.54) is 24.9 Å². The van der Waals surface area contributed by atoms with Gasteiger partial charge in [-0.1, -0.05) is 18.2 Å². The van der Waals surface area contributed by atoms with E-state index in [4.69, 9.17) is 4.74 Å². The lowest BCUT2D eigenvalue weighted by molar-refractivity contribution is 0.104. The highest BCUT2D eigenvalue weighted by atomic mass is 16.5. The van der Waals surface area contributed by atoms with Crippen molar-refractivity contribution in [2.45, 2.75) is 19.3 Å². The van der Waals surface area contributed by atoms with Crippen molar-refractivity contribution in [2.75, 3.05) is 25.1 Å². The van der Waals surface area contributed by atoms with Crippen LogP contribution in [-0.2, 0) is 0 Å². The number of piperidine rings is 1. The third-order valence-electron chi connectivity index (χ3n) is 4.39. The zero-order valence-electron chi connectivity index (χ0n) is 14.1. The van der Waals surface area contributed by atoms with Crippen LogP contribution in [0, 0.1) is 0 Å². The highest BCUT2D eigenvalue weighted by molar-refractivity contribution is 6.07. The van der Waals surface area contributed by atoms with Crippen LogP contribution in [-0.4, -0.2) is 26.0 Å². The molecular formula is C21H23NO2. The summed E-state index contributed by atoms with van der Waals surface area (Å²) in [5.74, 6) is 0.804. The molecule has 0 saturated carbocycles. The summed E-state index contributed by atoms with van der Waals surface area (Å²) in [6, 6.07) is 15.6. The van der Waals surface area contributed by atoms with Crippen LogP contribution in [0.5, 0.6) is 5.75 Å². The van der Waals surface area contributed by atoms with E-state index >= 15 is 0 Å². The van der Waals surface area contributed by atoms with Gasteiger partial charge in [0.15, 0.2) is 5.78 Å². The van der Waals surface area contributed by atoms with E-state index in [2.05, 4.69) is 17.0 Å². The maximum absolute atomic E-state index is 12.3. The molecule has 0 bridgehead atoms. The average molecular weight is 321 g/mol. The van der Waals surface area contributed by atoms with Crippen molar-refractivity contribution in [2.24, 2.45) is 0 Å². The van der Waals surface area contributed by atoms with Gasteiger partial charge in [-0.2, -0.15) is 0 Å². The van der Waals surface area contributed by atoms with E-state index in [1.807, 2.05) is 42.5 Å². The van der Waals surface area contributed by atoms with Crippen molar-refractivity contribution in [1.29, 1.82) is 0 Å². The molecule has 1 heterocycles. The third kappa shape index (κ3) is 4.05. The predicted molar refractivity (Wildman–Crippen MR) is 98.9 cm³/mol. The normalized spacial score (nSPS) is 14.8. The number of carbonyl (C=O) groups is 1. The molecule has 3 heteroatoms. The number of nitrogens with zero attached hydrogens (tertiary/aromatic N) is 1. The first kappa shape index (κ1) is 16.3. The van der Waals surface area contributed by atoms with Crippen molar-refractivity contribution >= 4 is 17.5 Å². The summed E-state index contributed by atoms with van der Waals surface area (Å²) in [5.41, 5.74) is 2.88. The summed E-state index contributed by atoms with van der Waals surface area (Å²) in [7, 11) is 1.64. The molecule has 0 aliphatic carbocycles. The lowest BCUT2D eigenvalue weighted by Gasteiger charge is -2.28. The van der Waals surface area contributed by atoms with E-state index in [0.717, 1.165) is 30.0 Å². The highest BCUT2D eigenvalue weighted by Crippen LogP contribution is 2.20. The second-order valence-electron chi connectivity index (χ2n) is 6.07. The predicted octanol–water partition coefficient (Wildman–Crippen LogP) is 4.58. The zero-order valence-corrected chi connectivity index (χ0v) is 14.1. The molecule has 0 unspecified atom stereocenters. The van der Waals surface area contributed by atoms with Crippen molar-refractivity contribution in [3.63, 3.8) is 0 Å². The van der Waals surface area contributed by atoms with Gasteiger partial charge in [-0.25, -0.2) is 0 Å². The Morgan fingerprint density at radius 1 is 1.04 bits per heavy atom. The molecule has 0 spiro atoms. The molecule has 0 aromatic heterocycles. The summed E-state index contributed by atoms with van der Waals surface area (Å²) in [4.78, 5) is 14.7. The Hall–Kier alpha value is -2.55. The summed E-state index contributed by atoms with van der Waals surface area (Å²) in [6.07, 6.45) is 7.27. The lowest BCUT2D eigenvalue weighted by atomic mass is 10.1. The molecule has 124 valence electrons. The average Bonchev–Trinajstić information content (AvgIpc) is 2.67. The molecule has 3 nitrogen and oxygen atoms in total. The number of hydrogen-bond acceptors (Lipinski definition) is 3. The number of hydrogen-bond donors (Lipinski definition) is 0. The molecule has 2 aromatic rings. The molecule has 24 heavy (non-hydrogen) atoms. The van der Waals surface area contributed by atoms with Crippen LogP contribution in [0.3, 0.4) is 0 Å². The van der Waals surface area contributed by atoms with Gasteiger partial charge < -0.3 is 9.64 Å². The van der Waals surface area contributed by atoms with Crippen molar-refractivity contribution in [3.8, 4) is 5.75 Å². The fourth-order valence-corrected chi connectivity index (χ4v) is 3.00. The highest BCUT2D eigenvalue weighted by Gasteiger charge is 2.11. The third-order valence-corrected chi connectivity index (χ3v) is 4.39. The van der Waals surface area contributed by atoms with Gasteiger partial charge in [0.1, 0.15) is 5.75 Å². The Kier molecular flexibility index (Phi) is 5.32. The van der Waals surface area contributed by atoms with Gasteiger partial charge in [0, 0.05) is 24.3 Å². The Morgan fingerprint density at radius 2 is 1.79 bits per heavy atom. The van der Waals surface area contributed by atoms with Crippen molar-refractivity contribution in [1.82, 2.24) is 0 Å². The van der Waals surface area contributed by atoms with E-state index in [1.54, 1.807) is 13.2 Å². The largest absolute Gasteiger partial charge is 0.497 e. The first-order valence-electron chi connectivity index (χ1n) is 8.48. The van der Waals surface area contributed by atoms with Crippen LogP contribution in [0.4, 0.5) is 5.69 Å². The van der Waals surface area contributed by atoms with Crippen molar-refractivity contribution < 1.29 is 9.53 Å². The maximum Gasteiger partial charge on any atom is 0.185 e. The number of ether oxygens (including phenoxy) is 1. The van der Waals surface area contributed by atoms with E-state index in [-0.39, 0.29) is 5.78 Å². The minimum Gasteiger partial charge on any atom is -0.497 e. The van der Waals surface area contributed by atoms with Gasteiger partial charge >= 0.3 is 0 Å². The lowest BCUT2D eigenvalue weighted by Crippen LogP contribution is -2.29. The number of carbonyl (C=O) groups excluding carboxylic acids is 1. The molecule has 2 aromatic carbocycles. The number of rotatable bonds is 5. The second-order valence-corrected chi connectivity index (χ2v) is 6.07. The molecular weight excluding hydrogens is 298 g/mol. The van der Waals surface area contributed by atoms with Crippen LogP contribution in [0.25, 0.3) is 6.08 Å². The van der Waals surface area contributed by atoms with Crippen LogP contribution < -0.4 is 9.64 Å². The van der Waals surface area contributed by atoms with Crippen molar-refractivity contribution in [3.05, 3.63) is 65.7 Å².